The molecule has 2 amide bonds. The first-order valence-electron chi connectivity index (χ1n) is 9.35. The van der Waals surface area contributed by atoms with Crippen LogP contribution in [0.4, 0.5) is 0 Å². The Bertz CT molecular complexity index is 876. The smallest absolute Gasteiger partial charge is 0.240 e. The van der Waals surface area contributed by atoms with Gasteiger partial charge in [-0.05, 0) is 48.7 Å². The zero-order chi connectivity index (χ0) is 20.1. The SMILES string of the molecule is CC(=O)c1ccc(OCCCC(=O)N2Cc3ccccc3C[C@@H]2C(N)=O)cc1. The van der Waals surface area contributed by atoms with Crippen LogP contribution in [0.2, 0.25) is 0 Å². The Morgan fingerprint density at radius 2 is 1.75 bits per heavy atom. The van der Waals surface area contributed by atoms with Crippen molar-refractivity contribution in [2.24, 2.45) is 5.73 Å². The standard InChI is InChI=1S/C22H24N2O4/c1-15(25)16-8-10-19(11-9-16)28-12-4-7-21(26)24-14-18-6-3-2-5-17(18)13-20(24)22(23)27/h2-3,5-6,8-11,20H,4,7,12-14H2,1H3,(H2,23,27)/t20-/m1/s1. The van der Waals surface area contributed by atoms with Crippen molar-refractivity contribution in [2.75, 3.05) is 6.61 Å². The molecule has 0 saturated heterocycles. The molecule has 0 aromatic heterocycles. The Kier molecular flexibility index (Phi) is 6.09. The third kappa shape index (κ3) is 4.57. The van der Waals surface area contributed by atoms with Gasteiger partial charge < -0.3 is 15.4 Å². The summed E-state index contributed by atoms with van der Waals surface area (Å²) in [6.07, 6.45) is 1.25. The van der Waals surface area contributed by atoms with E-state index in [9.17, 15) is 14.4 Å². The maximum atomic E-state index is 12.7. The molecule has 0 bridgehead atoms. The molecule has 1 aliphatic heterocycles. The normalized spacial score (nSPS) is 15.6. The number of Topliss-reactive ketones (excluding diaryl/α,β-unsaturated/α-hetero) is 1. The molecule has 0 radical (unpaired) electrons. The van der Waals surface area contributed by atoms with Crippen LogP contribution >= 0.6 is 0 Å². The first-order valence-corrected chi connectivity index (χ1v) is 9.35. The molecule has 0 aliphatic carbocycles. The lowest BCUT2D eigenvalue weighted by Crippen LogP contribution is -2.51. The first-order chi connectivity index (χ1) is 13.5. The van der Waals surface area contributed by atoms with Gasteiger partial charge in [0.15, 0.2) is 5.78 Å². The summed E-state index contributed by atoms with van der Waals surface area (Å²) >= 11 is 0. The van der Waals surface area contributed by atoms with Crippen LogP contribution in [0, 0.1) is 0 Å². The van der Waals surface area contributed by atoms with Gasteiger partial charge in [-0.2, -0.15) is 0 Å². The minimum Gasteiger partial charge on any atom is -0.494 e. The highest BCUT2D eigenvalue weighted by Gasteiger charge is 2.32. The van der Waals surface area contributed by atoms with Crippen LogP contribution in [-0.4, -0.2) is 35.1 Å². The Morgan fingerprint density at radius 3 is 2.39 bits per heavy atom. The van der Waals surface area contributed by atoms with Gasteiger partial charge in [0.2, 0.25) is 11.8 Å². The van der Waals surface area contributed by atoms with E-state index in [1.54, 1.807) is 29.2 Å². The number of hydrogen-bond donors (Lipinski definition) is 1. The number of nitrogens with two attached hydrogens (primary N) is 1. The Labute approximate surface area is 164 Å². The van der Waals surface area contributed by atoms with Crippen molar-refractivity contribution in [2.45, 2.75) is 38.8 Å². The minimum absolute atomic E-state index is 0.00394. The van der Waals surface area contributed by atoms with Crippen molar-refractivity contribution in [3.63, 3.8) is 0 Å². The van der Waals surface area contributed by atoms with Gasteiger partial charge in [-0.1, -0.05) is 24.3 Å². The van der Waals surface area contributed by atoms with E-state index in [-0.39, 0.29) is 18.1 Å². The van der Waals surface area contributed by atoms with Crippen LogP contribution in [-0.2, 0) is 22.6 Å². The van der Waals surface area contributed by atoms with Gasteiger partial charge in [0, 0.05) is 24.9 Å². The number of carbonyl (C=O) groups excluding carboxylic acids is 3. The van der Waals surface area contributed by atoms with Gasteiger partial charge in [-0.25, -0.2) is 0 Å². The quantitative estimate of drug-likeness (QED) is 0.590. The number of hydrogen-bond acceptors (Lipinski definition) is 4. The Hall–Kier alpha value is -3.15. The molecule has 0 spiro atoms. The molecular formula is C22H24N2O4. The maximum Gasteiger partial charge on any atom is 0.240 e. The van der Waals surface area contributed by atoms with Crippen molar-refractivity contribution < 1.29 is 19.1 Å². The number of fused-ring (bicyclic) bond motifs is 1. The van der Waals surface area contributed by atoms with Crippen LogP contribution < -0.4 is 10.5 Å². The molecule has 0 fully saturated rings. The number of ketones is 1. The molecule has 2 N–H and O–H groups in total. The van der Waals surface area contributed by atoms with E-state index < -0.39 is 11.9 Å². The third-order valence-electron chi connectivity index (χ3n) is 4.96. The average Bonchev–Trinajstić information content (AvgIpc) is 2.70. The van der Waals surface area contributed by atoms with E-state index in [4.69, 9.17) is 10.5 Å². The van der Waals surface area contributed by atoms with Crippen LogP contribution in [0.1, 0.15) is 41.3 Å². The predicted octanol–water partition coefficient (Wildman–Crippen LogP) is 2.49. The molecule has 2 aromatic carbocycles. The van der Waals surface area contributed by atoms with Crippen molar-refractivity contribution >= 4 is 17.6 Å². The number of carbonyl (C=O) groups is 3. The number of amides is 2. The molecule has 3 rings (SSSR count). The van der Waals surface area contributed by atoms with Crippen molar-refractivity contribution in [1.82, 2.24) is 4.90 Å². The fraction of sp³-hybridized carbons (Fsp3) is 0.318. The predicted molar refractivity (Wildman–Crippen MR) is 105 cm³/mol. The monoisotopic (exact) mass is 380 g/mol. The molecule has 1 atom stereocenters. The summed E-state index contributed by atoms with van der Waals surface area (Å²) in [5, 5.41) is 0. The summed E-state index contributed by atoms with van der Waals surface area (Å²) in [6, 6.07) is 14.1. The molecule has 2 aromatic rings. The summed E-state index contributed by atoms with van der Waals surface area (Å²) in [5.74, 6) is 0.0714. The molecule has 1 aliphatic rings. The molecule has 1 heterocycles. The molecule has 146 valence electrons. The number of primary amides is 1. The highest BCUT2D eigenvalue weighted by molar-refractivity contribution is 5.94. The lowest BCUT2D eigenvalue weighted by Gasteiger charge is -2.35. The fourth-order valence-corrected chi connectivity index (χ4v) is 3.38. The summed E-state index contributed by atoms with van der Waals surface area (Å²) < 4.78 is 5.64. The summed E-state index contributed by atoms with van der Waals surface area (Å²) in [6.45, 7) is 2.28. The summed E-state index contributed by atoms with van der Waals surface area (Å²) in [4.78, 5) is 37.4. The second kappa shape index (κ2) is 8.69. The highest BCUT2D eigenvalue weighted by Crippen LogP contribution is 2.24. The maximum absolute atomic E-state index is 12.7. The number of nitrogens with zero attached hydrogens (tertiary/aromatic N) is 1. The van der Waals surface area contributed by atoms with Gasteiger partial charge in [0.05, 0.1) is 6.61 Å². The summed E-state index contributed by atoms with van der Waals surface area (Å²) in [5.41, 5.74) is 8.28. The van der Waals surface area contributed by atoms with E-state index in [1.165, 1.54) is 6.92 Å². The Balaban J connectivity index is 1.53. The second-order valence-corrected chi connectivity index (χ2v) is 6.95. The van der Waals surface area contributed by atoms with E-state index in [2.05, 4.69) is 0 Å². The van der Waals surface area contributed by atoms with Gasteiger partial charge in [0.1, 0.15) is 11.8 Å². The topological polar surface area (TPSA) is 89.7 Å². The van der Waals surface area contributed by atoms with Gasteiger partial charge in [-0.15, -0.1) is 0 Å². The fourth-order valence-electron chi connectivity index (χ4n) is 3.38. The third-order valence-corrected chi connectivity index (χ3v) is 4.96. The highest BCUT2D eigenvalue weighted by atomic mass is 16.5. The largest absolute Gasteiger partial charge is 0.494 e. The van der Waals surface area contributed by atoms with Crippen molar-refractivity contribution in [1.29, 1.82) is 0 Å². The number of ether oxygens (including phenoxy) is 1. The van der Waals surface area contributed by atoms with Crippen LogP contribution in [0.15, 0.2) is 48.5 Å². The lowest BCUT2D eigenvalue weighted by molar-refractivity contribution is -0.140. The van der Waals surface area contributed by atoms with Gasteiger partial charge in [-0.3, -0.25) is 14.4 Å². The van der Waals surface area contributed by atoms with E-state index >= 15 is 0 Å². The number of benzene rings is 2. The Morgan fingerprint density at radius 1 is 1.07 bits per heavy atom. The first kappa shape index (κ1) is 19.6. The molecule has 28 heavy (non-hydrogen) atoms. The zero-order valence-corrected chi connectivity index (χ0v) is 15.9. The lowest BCUT2D eigenvalue weighted by atomic mass is 9.93. The van der Waals surface area contributed by atoms with Crippen LogP contribution in [0.25, 0.3) is 0 Å². The average molecular weight is 380 g/mol. The second-order valence-electron chi connectivity index (χ2n) is 6.95. The van der Waals surface area contributed by atoms with Crippen LogP contribution in [0.3, 0.4) is 0 Å². The van der Waals surface area contributed by atoms with E-state index in [0.29, 0.717) is 37.3 Å². The van der Waals surface area contributed by atoms with Crippen molar-refractivity contribution in [3.05, 3.63) is 65.2 Å². The van der Waals surface area contributed by atoms with E-state index in [0.717, 1.165) is 11.1 Å². The van der Waals surface area contributed by atoms with Gasteiger partial charge in [0.25, 0.3) is 0 Å². The number of rotatable bonds is 7. The zero-order valence-electron chi connectivity index (χ0n) is 15.9. The van der Waals surface area contributed by atoms with E-state index in [1.807, 2.05) is 24.3 Å². The molecule has 0 saturated carbocycles. The minimum atomic E-state index is -0.609. The van der Waals surface area contributed by atoms with Crippen molar-refractivity contribution in [3.8, 4) is 5.75 Å². The molecule has 0 unspecified atom stereocenters. The molecule has 6 nitrogen and oxygen atoms in total. The van der Waals surface area contributed by atoms with Crippen LogP contribution in [0.5, 0.6) is 5.75 Å². The summed E-state index contributed by atoms with van der Waals surface area (Å²) in [7, 11) is 0. The van der Waals surface area contributed by atoms with Gasteiger partial charge >= 0.3 is 0 Å². The molecular weight excluding hydrogens is 356 g/mol. The molecule has 6 heteroatoms.